The molecule has 0 spiro atoms. The Balaban J connectivity index is 2.15. The number of aliphatic carboxylic acids is 1. The Morgan fingerprint density at radius 3 is 2.10 bits per heavy atom. The first kappa shape index (κ1) is 14.2. The van der Waals surface area contributed by atoms with Gasteiger partial charge < -0.3 is 20.2 Å². The van der Waals surface area contributed by atoms with Crippen molar-refractivity contribution >= 4 is 11.9 Å². The zero-order valence-corrected chi connectivity index (χ0v) is 11.2. The van der Waals surface area contributed by atoms with Crippen LogP contribution in [0, 0.1) is 5.41 Å². The summed E-state index contributed by atoms with van der Waals surface area (Å²) in [6, 6.07) is 4.11. The molecule has 2 rings (SSSR count). The molecule has 3 N–H and O–H groups in total. The van der Waals surface area contributed by atoms with Crippen LogP contribution in [0.4, 0.5) is 0 Å². The number of nitrogens with zero attached hydrogens (tertiary/aromatic N) is 1. The molecule has 0 saturated carbocycles. The summed E-state index contributed by atoms with van der Waals surface area (Å²) < 4.78 is 0. The van der Waals surface area contributed by atoms with Gasteiger partial charge in [0.05, 0.1) is 5.41 Å². The molecular formula is C14H17NO5. The molecule has 0 aliphatic carbocycles. The van der Waals surface area contributed by atoms with E-state index in [-0.39, 0.29) is 30.2 Å². The summed E-state index contributed by atoms with van der Waals surface area (Å²) in [5.74, 6) is -1.90. The second-order valence-electron chi connectivity index (χ2n) is 5.33. The average molecular weight is 279 g/mol. The van der Waals surface area contributed by atoms with Gasteiger partial charge in [0.1, 0.15) is 17.1 Å². The van der Waals surface area contributed by atoms with Crippen LogP contribution in [0.15, 0.2) is 18.2 Å². The Morgan fingerprint density at radius 1 is 1.15 bits per heavy atom. The fourth-order valence-electron chi connectivity index (χ4n) is 2.32. The molecule has 1 heterocycles. The second-order valence-corrected chi connectivity index (χ2v) is 5.33. The van der Waals surface area contributed by atoms with Gasteiger partial charge in [-0.1, -0.05) is 6.07 Å². The summed E-state index contributed by atoms with van der Waals surface area (Å²) in [5, 5.41) is 28.5. The number of carboxylic acids is 1. The lowest BCUT2D eigenvalue weighted by atomic mass is 9.80. The number of hydrogen-bond donors (Lipinski definition) is 3. The number of phenolic OH excluding ortho intramolecular Hbond substituents is 2. The van der Waals surface area contributed by atoms with Gasteiger partial charge >= 0.3 is 5.97 Å². The lowest BCUT2D eigenvalue weighted by molar-refractivity contribution is -0.150. The predicted octanol–water partition coefficient (Wildman–Crippen LogP) is 1.42. The Labute approximate surface area is 116 Å². The number of hydrogen-bond acceptors (Lipinski definition) is 4. The van der Waals surface area contributed by atoms with Gasteiger partial charge in [-0.15, -0.1) is 0 Å². The van der Waals surface area contributed by atoms with E-state index in [0.29, 0.717) is 12.8 Å². The molecule has 20 heavy (non-hydrogen) atoms. The van der Waals surface area contributed by atoms with Crippen molar-refractivity contribution in [2.75, 3.05) is 13.1 Å². The van der Waals surface area contributed by atoms with Crippen LogP contribution in [0.5, 0.6) is 11.5 Å². The van der Waals surface area contributed by atoms with Crippen LogP contribution in [0.1, 0.15) is 30.1 Å². The first-order chi connectivity index (χ1) is 9.35. The summed E-state index contributed by atoms with van der Waals surface area (Å²) in [4.78, 5) is 24.9. The Kier molecular flexibility index (Phi) is 3.57. The number of amides is 1. The molecule has 108 valence electrons. The maximum atomic E-state index is 12.3. The van der Waals surface area contributed by atoms with Gasteiger partial charge in [0.2, 0.25) is 0 Å². The third-order valence-corrected chi connectivity index (χ3v) is 3.90. The van der Waals surface area contributed by atoms with Crippen molar-refractivity contribution in [3.05, 3.63) is 23.8 Å². The highest BCUT2D eigenvalue weighted by Gasteiger charge is 2.38. The highest BCUT2D eigenvalue weighted by Crippen LogP contribution is 2.34. The van der Waals surface area contributed by atoms with E-state index in [1.165, 1.54) is 23.1 Å². The van der Waals surface area contributed by atoms with Crippen LogP contribution in [-0.4, -0.2) is 45.2 Å². The van der Waals surface area contributed by atoms with E-state index in [4.69, 9.17) is 5.11 Å². The number of benzene rings is 1. The van der Waals surface area contributed by atoms with Gasteiger partial charge in [-0.25, -0.2) is 0 Å². The topological polar surface area (TPSA) is 98.1 Å². The van der Waals surface area contributed by atoms with Crippen molar-refractivity contribution < 1.29 is 24.9 Å². The first-order valence-corrected chi connectivity index (χ1v) is 6.39. The fourth-order valence-corrected chi connectivity index (χ4v) is 2.32. The molecule has 1 aromatic rings. The van der Waals surface area contributed by atoms with E-state index >= 15 is 0 Å². The molecule has 1 aliphatic rings. The molecule has 0 unspecified atom stereocenters. The normalized spacial score (nSPS) is 17.8. The molecular weight excluding hydrogens is 262 g/mol. The number of carboxylic acid groups (broad SMARTS) is 1. The molecule has 6 heteroatoms. The van der Waals surface area contributed by atoms with Crippen molar-refractivity contribution in [3.63, 3.8) is 0 Å². The highest BCUT2D eigenvalue weighted by atomic mass is 16.4. The van der Waals surface area contributed by atoms with E-state index in [1.807, 2.05) is 0 Å². The maximum Gasteiger partial charge on any atom is 0.309 e. The number of piperidine rings is 1. The smallest absolute Gasteiger partial charge is 0.309 e. The van der Waals surface area contributed by atoms with E-state index in [1.54, 1.807) is 6.92 Å². The van der Waals surface area contributed by atoms with E-state index < -0.39 is 17.3 Å². The summed E-state index contributed by atoms with van der Waals surface area (Å²) in [7, 11) is 0. The van der Waals surface area contributed by atoms with E-state index in [2.05, 4.69) is 0 Å². The van der Waals surface area contributed by atoms with Gasteiger partial charge in [0.15, 0.2) is 0 Å². The zero-order valence-electron chi connectivity index (χ0n) is 11.2. The van der Waals surface area contributed by atoms with Gasteiger partial charge in [-0.3, -0.25) is 9.59 Å². The third kappa shape index (κ3) is 2.41. The Bertz CT molecular complexity index is 526. The average Bonchev–Trinajstić information content (AvgIpc) is 2.39. The zero-order chi connectivity index (χ0) is 14.9. The molecule has 6 nitrogen and oxygen atoms in total. The number of aromatic hydroxyl groups is 2. The molecule has 1 aromatic carbocycles. The van der Waals surface area contributed by atoms with Gasteiger partial charge in [0.25, 0.3) is 5.91 Å². The fraction of sp³-hybridized carbons (Fsp3) is 0.429. The van der Waals surface area contributed by atoms with Crippen molar-refractivity contribution in [2.45, 2.75) is 19.8 Å². The summed E-state index contributed by atoms with van der Waals surface area (Å²) in [5.41, 5.74) is -0.955. The molecule has 1 aliphatic heterocycles. The maximum absolute atomic E-state index is 12.3. The molecule has 0 atom stereocenters. The minimum atomic E-state index is -0.866. The van der Waals surface area contributed by atoms with Crippen LogP contribution in [-0.2, 0) is 4.79 Å². The second kappa shape index (κ2) is 5.03. The van der Waals surface area contributed by atoms with Gasteiger partial charge in [-0.05, 0) is 31.9 Å². The molecule has 1 saturated heterocycles. The summed E-state index contributed by atoms with van der Waals surface area (Å²) >= 11 is 0. The minimum absolute atomic E-state index is 0.133. The number of phenols is 2. The lowest BCUT2D eigenvalue weighted by Crippen LogP contribution is -2.45. The van der Waals surface area contributed by atoms with E-state index in [0.717, 1.165) is 0 Å². The minimum Gasteiger partial charge on any atom is -0.507 e. The number of carbonyl (C=O) groups excluding carboxylic acids is 1. The summed E-state index contributed by atoms with van der Waals surface area (Å²) in [6.45, 7) is 2.24. The van der Waals surface area contributed by atoms with Crippen LogP contribution < -0.4 is 0 Å². The Morgan fingerprint density at radius 2 is 1.65 bits per heavy atom. The van der Waals surface area contributed by atoms with Crippen LogP contribution in [0.3, 0.4) is 0 Å². The van der Waals surface area contributed by atoms with Crippen LogP contribution in [0.25, 0.3) is 0 Å². The van der Waals surface area contributed by atoms with Crippen molar-refractivity contribution in [1.29, 1.82) is 0 Å². The van der Waals surface area contributed by atoms with Crippen molar-refractivity contribution in [2.24, 2.45) is 5.41 Å². The summed E-state index contributed by atoms with van der Waals surface area (Å²) in [6.07, 6.45) is 0.699. The molecule has 0 aromatic heterocycles. The highest BCUT2D eigenvalue weighted by molar-refractivity contribution is 5.99. The SMILES string of the molecule is CC1(C(=O)O)CCN(C(=O)c2c(O)cccc2O)CC1. The van der Waals surface area contributed by atoms with Gasteiger partial charge in [-0.2, -0.15) is 0 Å². The standard InChI is InChI=1S/C14H17NO5/c1-14(13(19)20)5-7-15(8-6-14)12(18)11-9(16)3-2-4-10(11)17/h2-4,16-17H,5-8H2,1H3,(H,19,20). The van der Waals surface area contributed by atoms with Gasteiger partial charge in [0, 0.05) is 13.1 Å². The molecule has 1 fully saturated rings. The van der Waals surface area contributed by atoms with E-state index in [9.17, 15) is 19.8 Å². The Hall–Kier alpha value is -2.24. The van der Waals surface area contributed by atoms with Crippen molar-refractivity contribution in [1.82, 2.24) is 4.90 Å². The van der Waals surface area contributed by atoms with Crippen LogP contribution in [0.2, 0.25) is 0 Å². The predicted molar refractivity (Wildman–Crippen MR) is 70.7 cm³/mol. The number of carbonyl (C=O) groups is 2. The molecule has 0 bridgehead atoms. The first-order valence-electron chi connectivity index (χ1n) is 6.39. The number of rotatable bonds is 2. The van der Waals surface area contributed by atoms with Crippen molar-refractivity contribution in [3.8, 4) is 11.5 Å². The lowest BCUT2D eigenvalue weighted by Gasteiger charge is -2.36. The van der Waals surface area contributed by atoms with Crippen LogP contribution >= 0.6 is 0 Å². The quantitative estimate of drug-likeness (QED) is 0.760. The third-order valence-electron chi connectivity index (χ3n) is 3.90. The number of likely N-dealkylation sites (tertiary alicyclic amines) is 1. The largest absolute Gasteiger partial charge is 0.507 e. The molecule has 0 radical (unpaired) electrons. The molecule has 1 amide bonds. The monoisotopic (exact) mass is 279 g/mol.